The van der Waals surface area contributed by atoms with E-state index in [1.165, 1.54) is 6.92 Å². The summed E-state index contributed by atoms with van der Waals surface area (Å²) in [6.45, 7) is 3.34. The number of rotatable bonds is 3. The van der Waals surface area contributed by atoms with Crippen molar-refractivity contribution in [1.82, 2.24) is 5.32 Å². The van der Waals surface area contributed by atoms with Crippen molar-refractivity contribution in [2.75, 3.05) is 6.54 Å². The molecule has 1 aromatic carbocycles. The lowest BCUT2D eigenvalue weighted by Gasteiger charge is -2.23. The molecule has 0 heterocycles. The van der Waals surface area contributed by atoms with Crippen LogP contribution in [0.25, 0.3) is 0 Å². The zero-order valence-electron chi connectivity index (χ0n) is 8.45. The van der Waals surface area contributed by atoms with Gasteiger partial charge in [-0.3, -0.25) is 4.79 Å². The fourth-order valence-corrected chi connectivity index (χ4v) is 1.20. The molecular formula is C11H15NO2. The molecule has 0 spiro atoms. The van der Waals surface area contributed by atoms with Crippen LogP contribution in [0.15, 0.2) is 30.3 Å². The number of nitrogens with one attached hydrogen (secondary N) is 1. The Morgan fingerprint density at radius 2 is 2.00 bits per heavy atom. The molecule has 1 atom stereocenters. The van der Waals surface area contributed by atoms with E-state index in [9.17, 15) is 9.90 Å². The van der Waals surface area contributed by atoms with E-state index in [0.29, 0.717) is 0 Å². The summed E-state index contributed by atoms with van der Waals surface area (Å²) in [4.78, 5) is 10.7. The maximum atomic E-state index is 10.7. The van der Waals surface area contributed by atoms with Crippen LogP contribution in [0.3, 0.4) is 0 Å². The number of carbonyl (C=O) groups excluding carboxylic acids is 1. The van der Waals surface area contributed by atoms with Crippen LogP contribution in [0.5, 0.6) is 0 Å². The molecule has 2 N–H and O–H groups in total. The lowest BCUT2D eigenvalue weighted by atomic mass is 9.96. The minimum atomic E-state index is -1.01. The Morgan fingerprint density at radius 3 is 2.50 bits per heavy atom. The standard InChI is InChI=1S/C11H15NO2/c1-9(13)12-8-11(2,14)10-6-4-3-5-7-10/h3-7,14H,8H2,1-2H3,(H,12,13)/t11-/m1/s1. The van der Waals surface area contributed by atoms with Gasteiger partial charge in [-0.2, -0.15) is 0 Å². The third-order valence-electron chi connectivity index (χ3n) is 2.08. The first-order valence-electron chi connectivity index (χ1n) is 4.55. The second-order valence-corrected chi connectivity index (χ2v) is 3.55. The summed E-state index contributed by atoms with van der Waals surface area (Å²) < 4.78 is 0. The van der Waals surface area contributed by atoms with E-state index in [-0.39, 0.29) is 12.5 Å². The first kappa shape index (κ1) is 10.7. The Hall–Kier alpha value is -1.35. The minimum Gasteiger partial charge on any atom is -0.384 e. The second kappa shape index (κ2) is 4.24. The predicted molar refractivity (Wildman–Crippen MR) is 54.7 cm³/mol. The van der Waals surface area contributed by atoms with Gasteiger partial charge in [-0.15, -0.1) is 0 Å². The van der Waals surface area contributed by atoms with Crippen LogP contribution in [-0.4, -0.2) is 17.6 Å². The molecule has 1 amide bonds. The smallest absolute Gasteiger partial charge is 0.216 e. The van der Waals surface area contributed by atoms with E-state index in [2.05, 4.69) is 5.32 Å². The van der Waals surface area contributed by atoms with Crippen LogP contribution in [0, 0.1) is 0 Å². The van der Waals surface area contributed by atoms with Crippen LogP contribution >= 0.6 is 0 Å². The quantitative estimate of drug-likeness (QED) is 0.753. The zero-order valence-corrected chi connectivity index (χ0v) is 8.45. The molecule has 0 unspecified atom stereocenters. The number of carbonyl (C=O) groups is 1. The van der Waals surface area contributed by atoms with Gasteiger partial charge in [-0.05, 0) is 12.5 Å². The van der Waals surface area contributed by atoms with E-state index in [0.717, 1.165) is 5.56 Å². The molecule has 3 heteroatoms. The van der Waals surface area contributed by atoms with E-state index >= 15 is 0 Å². The summed E-state index contributed by atoms with van der Waals surface area (Å²) in [5, 5.41) is 12.6. The van der Waals surface area contributed by atoms with Gasteiger partial charge >= 0.3 is 0 Å². The van der Waals surface area contributed by atoms with Crippen LogP contribution in [0.2, 0.25) is 0 Å². The van der Waals surface area contributed by atoms with Gasteiger partial charge in [0.15, 0.2) is 0 Å². The Kier molecular flexibility index (Phi) is 3.25. The Morgan fingerprint density at radius 1 is 1.43 bits per heavy atom. The molecule has 14 heavy (non-hydrogen) atoms. The molecule has 0 fully saturated rings. The Labute approximate surface area is 83.8 Å². The number of amides is 1. The van der Waals surface area contributed by atoms with Crippen LogP contribution in [0.4, 0.5) is 0 Å². The molecule has 76 valence electrons. The Bertz CT molecular complexity index is 306. The third-order valence-corrected chi connectivity index (χ3v) is 2.08. The Balaban J connectivity index is 2.70. The number of hydrogen-bond donors (Lipinski definition) is 2. The van der Waals surface area contributed by atoms with Crippen LogP contribution < -0.4 is 5.32 Å². The van der Waals surface area contributed by atoms with Crippen molar-refractivity contribution in [1.29, 1.82) is 0 Å². The SMILES string of the molecule is CC(=O)NC[C@@](C)(O)c1ccccc1. The number of aliphatic hydroxyl groups is 1. The van der Waals surface area contributed by atoms with Gasteiger partial charge in [-0.25, -0.2) is 0 Å². The summed E-state index contributed by atoms with van der Waals surface area (Å²) in [5.74, 6) is -0.138. The molecule has 0 radical (unpaired) electrons. The molecule has 0 aliphatic rings. The van der Waals surface area contributed by atoms with Gasteiger partial charge < -0.3 is 10.4 Å². The van der Waals surface area contributed by atoms with Crippen molar-refractivity contribution in [3.63, 3.8) is 0 Å². The minimum absolute atomic E-state index is 0.138. The first-order chi connectivity index (χ1) is 6.52. The summed E-state index contributed by atoms with van der Waals surface area (Å²) in [6.07, 6.45) is 0. The van der Waals surface area contributed by atoms with Crippen molar-refractivity contribution in [2.45, 2.75) is 19.4 Å². The summed E-state index contributed by atoms with van der Waals surface area (Å²) in [5.41, 5.74) is -0.207. The van der Waals surface area contributed by atoms with E-state index < -0.39 is 5.60 Å². The first-order valence-corrected chi connectivity index (χ1v) is 4.55. The van der Waals surface area contributed by atoms with Gasteiger partial charge in [0.05, 0.1) is 6.54 Å². The normalized spacial score (nSPS) is 14.5. The molecule has 0 aliphatic carbocycles. The molecule has 1 rings (SSSR count). The van der Waals surface area contributed by atoms with E-state index in [1.54, 1.807) is 6.92 Å². The monoisotopic (exact) mass is 193 g/mol. The van der Waals surface area contributed by atoms with Crippen molar-refractivity contribution < 1.29 is 9.90 Å². The van der Waals surface area contributed by atoms with Gasteiger partial charge in [0.25, 0.3) is 0 Å². The number of hydrogen-bond acceptors (Lipinski definition) is 2. The number of benzene rings is 1. The average Bonchev–Trinajstić information content (AvgIpc) is 2.16. The lowest BCUT2D eigenvalue weighted by molar-refractivity contribution is -0.120. The molecule has 1 aromatic rings. The highest BCUT2D eigenvalue weighted by atomic mass is 16.3. The second-order valence-electron chi connectivity index (χ2n) is 3.55. The van der Waals surface area contributed by atoms with Crippen LogP contribution in [-0.2, 0) is 10.4 Å². The maximum absolute atomic E-state index is 10.7. The lowest BCUT2D eigenvalue weighted by Crippen LogP contribution is -2.37. The summed E-state index contributed by atoms with van der Waals surface area (Å²) >= 11 is 0. The summed E-state index contributed by atoms with van der Waals surface area (Å²) in [6, 6.07) is 9.27. The zero-order chi connectivity index (χ0) is 10.6. The topological polar surface area (TPSA) is 49.3 Å². The van der Waals surface area contributed by atoms with Crippen molar-refractivity contribution >= 4 is 5.91 Å². The average molecular weight is 193 g/mol. The highest BCUT2D eigenvalue weighted by Gasteiger charge is 2.22. The molecule has 0 aliphatic heterocycles. The summed E-state index contributed by atoms with van der Waals surface area (Å²) in [7, 11) is 0. The van der Waals surface area contributed by atoms with Crippen molar-refractivity contribution in [3.8, 4) is 0 Å². The van der Waals surface area contributed by atoms with Crippen molar-refractivity contribution in [3.05, 3.63) is 35.9 Å². The van der Waals surface area contributed by atoms with Gasteiger partial charge in [-0.1, -0.05) is 30.3 Å². The molecule has 3 nitrogen and oxygen atoms in total. The molecule has 0 saturated heterocycles. The van der Waals surface area contributed by atoms with Crippen LogP contribution in [0.1, 0.15) is 19.4 Å². The maximum Gasteiger partial charge on any atom is 0.216 e. The highest BCUT2D eigenvalue weighted by molar-refractivity contribution is 5.72. The predicted octanol–water partition coefficient (Wildman–Crippen LogP) is 1.03. The highest BCUT2D eigenvalue weighted by Crippen LogP contribution is 2.18. The van der Waals surface area contributed by atoms with Gasteiger partial charge in [0.2, 0.25) is 5.91 Å². The van der Waals surface area contributed by atoms with E-state index in [1.807, 2.05) is 30.3 Å². The van der Waals surface area contributed by atoms with Gasteiger partial charge in [0.1, 0.15) is 5.60 Å². The molecule has 0 bridgehead atoms. The largest absolute Gasteiger partial charge is 0.384 e. The molecular weight excluding hydrogens is 178 g/mol. The van der Waals surface area contributed by atoms with Gasteiger partial charge in [0, 0.05) is 6.92 Å². The van der Waals surface area contributed by atoms with Crippen molar-refractivity contribution in [2.24, 2.45) is 0 Å². The third kappa shape index (κ3) is 2.85. The fraction of sp³-hybridized carbons (Fsp3) is 0.364. The molecule has 0 aromatic heterocycles. The molecule has 0 saturated carbocycles. The van der Waals surface area contributed by atoms with E-state index in [4.69, 9.17) is 0 Å². The fourth-order valence-electron chi connectivity index (χ4n) is 1.20.